The molecular weight excluding hydrogens is 784 g/mol. The van der Waals surface area contributed by atoms with Crippen LogP contribution in [0.15, 0.2) is 121 Å². The van der Waals surface area contributed by atoms with Crippen LogP contribution in [0.1, 0.15) is 97.1 Å². The van der Waals surface area contributed by atoms with Crippen LogP contribution in [0.5, 0.6) is 0 Å². The molecule has 4 aromatic rings. The molecule has 0 bridgehead atoms. The summed E-state index contributed by atoms with van der Waals surface area (Å²) < 4.78 is 68.3. The second kappa shape index (κ2) is 20.0. The predicted molar refractivity (Wildman–Crippen MR) is 230 cm³/mol. The maximum atomic E-state index is 18.1. The van der Waals surface area contributed by atoms with E-state index in [4.69, 9.17) is 0 Å². The summed E-state index contributed by atoms with van der Waals surface area (Å²) in [6, 6.07) is 18.8. The van der Waals surface area contributed by atoms with E-state index in [2.05, 4.69) is 13.8 Å². The van der Waals surface area contributed by atoms with Gasteiger partial charge in [-0.3, -0.25) is 0 Å². The van der Waals surface area contributed by atoms with Crippen LogP contribution >= 0.6 is 0 Å². The van der Waals surface area contributed by atoms with Crippen LogP contribution in [0, 0.1) is 37.1 Å². The number of rotatable bonds is 18. The average molecular weight is 839 g/mol. The fourth-order valence-corrected chi connectivity index (χ4v) is 17.3. The molecule has 0 saturated heterocycles. The normalized spacial score (nSPS) is 13.8. The number of anilines is 2. The van der Waals surface area contributed by atoms with E-state index < -0.39 is 60.1 Å². The van der Waals surface area contributed by atoms with Crippen molar-refractivity contribution in [3.05, 3.63) is 167 Å². The molecule has 2 aliphatic carbocycles. The number of aryl methyl sites for hydroxylation is 2. The van der Waals surface area contributed by atoms with Crippen molar-refractivity contribution in [3.63, 3.8) is 0 Å². The molecule has 0 spiro atoms. The monoisotopic (exact) mass is 838 g/mol. The molecule has 0 atom stereocenters. The van der Waals surface area contributed by atoms with Gasteiger partial charge in [0.1, 0.15) is 0 Å². The Morgan fingerprint density at radius 2 is 0.864 bits per heavy atom. The van der Waals surface area contributed by atoms with Crippen LogP contribution in [-0.4, -0.2) is 24.9 Å². The Kier molecular flexibility index (Phi) is 14.8. The molecule has 2 aliphatic rings. The van der Waals surface area contributed by atoms with Crippen molar-refractivity contribution < 1.29 is 43.7 Å². The third-order valence-corrected chi connectivity index (χ3v) is 20.2. The van der Waals surface area contributed by atoms with Gasteiger partial charge >= 0.3 is 352 Å². The first kappa shape index (κ1) is 43.8. The number of amides is 2. The zero-order chi connectivity index (χ0) is 42.1. The molecule has 0 fully saturated rings. The molecule has 0 aliphatic heterocycles. The molecule has 4 aromatic carbocycles. The van der Waals surface area contributed by atoms with E-state index in [0.29, 0.717) is 24.0 Å². The first-order valence-corrected chi connectivity index (χ1v) is 24.3. The second-order valence-corrected chi connectivity index (χ2v) is 22.1. The van der Waals surface area contributed by atoms with Crippen molar-refractivity contribution in [2.75, 3.05) is 22.9 Å². The van der Waals surface area contributed by atoms with Crippen LogP contribution in [0.3, 0.4) is 0 Å². The van der Waals surface area contributed by atoms with Crippen molar-refractivity contribution in [2.45, 2.75) is 87.5 Å². The minimum absolute atomic E-state index is 0.139. The summed E-state index contributed by atoms with van der Waals surface area (Å²) in [4.78, 5) is 31.4. The molecule has 6 rings (SSSR count). The van der Waals surface area contributed by atoms with Gasteiger partial charge in [0.25, 0.3) is 0 Å². The number of hydrogen-bond acceptors (Lipinski definition) is 2. The average Bonchev–Trinajstić information content (AvgIpc) is 3.98. The molecule has 0 saturated carbocycles. The Balaban J connectivity index is 1.61. The van der Waals surface area contributed by atoms with Crippen LogP contribution in [-0.2, 0) is 16.6 Å². The molecule has 0 unspecified atom stereocenters. The third kappa shape index (κ3) is 9.19. The van der Waals surface area contributed by atoms with Gasteiger partial charge in [0, 0.05) is 0 Å². The molecule has 4 nitrogen and oxygen atoms in total. The predicted octanol–water partition coefficient (Wildman–Crippen LogP) is 12.2. The van der Waals surface area contributed by atoms with Gasteiger partial charge in [-0.1, -0.05) is 0 Å². The fraction of sp³-hybridized carbons (Fsp3) is 0.320. The number of halogens is 4. The number of allylic oxidation sites excluding steroid dienone is 8. The van der Waals surface area contributed by atoms with E-state index in [-0.39, 0.29) is 32.2 Å². The van der Waals surface area contributed by atoms with E-state index in [0.717, 1.165) is 61.8 Å². The summed E-state index contributed by atoms with van der Waals surface area (Å²) in [7, 11) is 0. The van der Waals surface area contributed by atoms with Gasteiger partial charge in [0.15, 0.2) is 0 Å². The molecule has 59 heavy (non-hydrogen) atoms. The molecular formula is C50H54F4N2O2Ti. The summed E-state index contributed by atoms with van der Waals surface area (Å²) in [5.41, 5.74) is 2.31. The van der Waals surface area contributed by atoms with Crippen molar-refractivity contribution in [1.82, 2.24) is 0 Å². The Hall–Kier alpha value is -4.79. The maximum absolute atomic E-state index is 18.1. The van der Waals surface area contributed by atoms with Crippen molar-refractivity contribution in [3.8, 4) is 0 Å². The van der Waals surface area contributed by atoms with Crippen LogP contribution in [0.25, 0.3) is 0 Å². The summed E-state index contributed by atoms with van der Waals surface area (Å²) in [6.07, 6.45) is 20.5. The summed E-state index contributed by atoms with van der Waals surface area (Å²) in [5.74, 6) is -4.77. The molecule has 0 aromatic heterocycles. The van der Waals surface area contributed by atoms with Crippen molar-refractivity contribution in [1.29, 1.82) is 0 Å². The zero-order valence-electron chi connectivity index (χ0n) is 34.5. The Bertz CT molecular complexity index is 2060. The first-order chi connectivity index (χ1) is 28.5. The topological polar surface area (TPSA) is 40.6 Å². The number of benzene rings is 4. The quantitative estimate of drug-likeness (QED) is 0.0569. The molecule has 308 valence electrons. The van der Waals surface area contributed by atoms with Crippen molar-refractivity contribution >= 4 is 30.9 Å². The van der Waals surface area contributed by atoms with Crippen LogP contribution in [0.4, 0.5) is 28.9 Å². The minimum atomic E-state index is -5.30. The molecule has 0 heterocycles. The molecule has 9 heteroatoms. The second-order valence-electron chi connectivity index (χ2n) is 15.7. The van der Waals surface area contributed by atoms with Crippen LogP contribution < -0.4 is 17.5 Å². The number of carbonyl (C=O) groups is 2. The van der Waals surface area contributed by atoms with Gasteiger partial charge in [-0.2, -0.15) is 0 Å². The Morgan fingerprint density at radius 3 is 1.20 bits per heavy atom. The molecule has 0 N–H and O–H groups in total. The molecule has 0 radical (unpaired) electrons. The first-order valence-electron chi connectivity index (χ1n) is 21.0. The van der Waals surface area contributed by atoms with Crippen LogP contribution in [0.2, 0.25) is 8.45 Å². The number of carbonyl (C=O) groups excluding carboxylic acids is 2. The van der Waals surface area contributed by atoms with Gasteiger partial charge in [-0.15, -0.1) is 0 Å². The zero-order valence-corrected chi connectivity index (χ0v) is 36.1. The fourth-order valence-electron chi connectivity index (χ4n) is 8.50. The standard InChI is InChI=1S/2C20H22F2NO.2C5H5.Ti/c2*1-3-4-5-6-13-23(19-12-11-17(21)14-18(19)22)20(24)16-9-7-15(2)8-10-16;2*1-2-4-5-3-1;/h2*7-12H,3-6,13H2,1-2H3;2*1-5H;. The summed E-state index contributed by atoms with van der Waals surface area (Å²) in [6.45, 7) is 8.28. The van der Waals surface area contributed by atoms with E-state index in [1.54, 1.807) is 72.9 Å². The van der Waals surface area contributed by atoms with Gasteiger partial charge in [0.05, 0.1) is 0 Å². The van der Waals surface area contributed by atoms with Gasteiger partial charge in [-0.25, -0.2) is 0 Å². The number of hydrogen-bond donors (Lipinski definition) is 0. The van der Waals surface area contributed by atoms with E-state index in [1.165, 1.54) is 21.9 Å². The van der Waals surface area contributed by atoms with Crippen molar-refractivity contribution in [2.24, 2.45) is 0 Å². The van der Waals surface area contributed by atoms with Gasteiger partial charge < -0.3 is 0 Å². The SMILES string of the molecule is CCCCCCN(C(=O)c1ccc(C)cc1)c1ccc(F)[c]([Ti]([c]2c(F)ccc(N(CCCCCC)C(=O)c3ccc(C)cc3)c2F)([CH]2C=CC=C2)[CH]2C=CC=C2)c1F. The van der Waals surface area contributed by atoms with E-state index in [9.17, 15) is 9.59 Å². The van der Waals surface area contributed by atoms with E-state index >= 15 is 17.6 Å². The van der Waals surface area contributed by atoms with Gasteiger partial charge in [-0.05, 0) is 0 Å². The Morgan fingerprint density at radius 1 is 0.508 bits per heavy atom. The molecule has 2 amide bonds. The number of unbranched alkanes of at least 4 members (excludes halogenated alkanes) is 6. The summed E-state index contributed by atoms with van der Waals surface area (Å²) in [5, 5.41) is 0. The number of nitrogens with zero attached hydrogens (tertiary/aromatic N) is 2. The van der Waals surface area contributed by atoms with E-state index in [1.807, 2.05) is 38.1 Å². The Labute approximate surface area is 350 Å². The third-order valence-electron chi connectivity index (χ3n) is 11.7. The summed E-state index contributed by atoms with van der Waals surface area (Å²) >= 11 is -5.30. The van der Waals surface area contributed by atoms with Gasteiger partial charge in [0.2, 0.25) is 0 Å².